The number of carbonyl (C=O) groups is 1. The van der Waals surface area contributed by atoms with Gasteiger partial charge in [-0.1, -0.05) is 23.7 Å². The number of benzene rings is 1. The summed E-state index contributed by atoms with van der Waals surface area (Å²) in [7, 11) is 0. The van der Waals surface area contributed by atoms with Crippen LogP contribution in [0.5, 0.6) is 0 Å². The molecule has 0 radical (unpaired) electrons. The second kappa shape index (κ2) is 6.11. The molecule has 1 amide bonds. The molecule has 1 aromatic rings. The van der Waals surface area contributed by atoms with Crippen molar-refractivity contribution in [1.82, 2.24) is 5.32 Å². The Morgan fingerprint density at radius 1 is 1.62 bits per heavy atom. The van der Waals surface area contributed by atoms with Gasteiger partial charge in [-0.3, -0.25) is 4.79 Å². The standard InChI is InChI=1S/C11H11ClN2O2/c1-2-16-10(7-13)14-11(15)8-5-3-4-6-9(8)12/h3-6,10H,2H2,1H3,(H,14,15). The van der Waals surface area contributed by atoms with Crippen molar-refractivity contribution in [3.63, 3.8) is 0 Å². The maximum atomic E-state index is 11.7. The van der Waals surface area contributed by atoms with Gasteiger partial charge >= 0.3 is 0 Å². The number of ether oxygens (including phenoxy) is 1. The predicted molar refractivity (Wildman–Crippen MR) is 59.9 cm³/mol. The summed E-state index contributed by atoms with van der Waals surface area (Å²) in [5.41, 5.74) is 0.323. The van der Waals surface area contributed by atoms with Crippen LogP contribution < -0.4 is 5.32 Å². The van der Waals surface area contributed by atoms with Crippen molar-refractivity contribution in [2.75, 3.05) is 6.61 Å². The molecule has 1 atom stereocenters. The van der Waals surface area contributed by atoms with Crippen molar-refractivity contribution in [2.24, 2.45) is 0 Å². The molecular weight excluding hydrogens is 228 g/mol. The molecule has 1 aromatic carbocycles. The molecule has 1 unspecified atom stereocenters. The number of nitriles is 1. The highest BCUT2D eigenvalue weighted by molar-refractivity contribution is 6.33. The molecule has 0 aliphatic rings. The van der Waals surface area contributed by atoms with Crippen LogP contribution in [0.2, 0.25) is 5.02 Å². The first-order chi connectivity index (χ1) is 7.69. The molecule has 0 spiro atoms. The maximum Gasteiger partial charge on any atom is 0.255 e. The van der Waals surface area contributed by atoms with E-state index in [1.807, 2.05) is 6.07 Å². The van der Waals surface area contributed by atoms with Crippen LogP contribution in [0.3, 0.4) is 0 Å². The van der Waals surface area contributed by atoms with E-state index in [4.69, 9.17) is 21.6 Å². The predicted octanol–water partition coefficient (Wildman–Crippen LogP) is 1.96. The highest BCUT2D eigenvalue weighted by atomic mass is 35.5. The summed E-state index contributed by atoms with van der Waals surface area (Å²) in [5.74, 6) is -0.425. The van der Waals surface area contributed by atoms with Gasteiger partial charge < -0.3 is 10.1 Å². The molecule has 0 saturated heterocycles. The Morgan fingerprint density at radius 2 is 2.31 bits per heavy atom. The lowest BCUT2D eigenvalue weighted by Crippen LogP contribution is -2.35. The number of hydrogen-bond acceptors (Lipinski definition) is 3. The molecule has 0 aromatic heterocycles. The highest BCUT2D eigenvalue weighted by Gasteiger charge is 2.14. The molecule has 0 saturated carbocycles. The highest BCUT2D eigenvalue weighted by Crippen LogP contribution is 2.14. The largest absolute Gasteiger partial charge is 0.346 e. The maximum absolute atomic E-state index is 11.7. The van der Waals surface area contributed by atoms with Gasteiger partial charge in [-0.2, -0.15) is 5.26 Å². The van der Waals surface area contributed by atoms with Crippen molar-refractivity contribution >= 4 is 17.5 Å². The van der Waals surface area contributed by atoms with Crippen LogP contribution in [0, 0.1) is 11.3 Å². The van der Waals surface area contributed by atoms with Crippen molar-refractivity contribution in [3.8, 4) is 6.07 Å². The Morgan fingerprint density at radius 3 is 2.88 bits per heavy atom. The van der Waals surface area contributed by atoms with E-state index in [2.05, 4.69) is 5.32 Å². The summed E-state index contributed by atoms with van der Waals surface area (Å²) in [4.78, 5) is 11.7. The fourth-order valence-corrected chi connectivity index (χ4v) is 1.34. The molecule has 0 bridgehead atoms. The number of nitrogens with one attached hydrogen (secondary N) is 1. The zero-order valence-electron chi connectivity index (χ0n) is 8.74. The number of hydrogen-bond donors (Lipinski definition) is 1. The van der Waals surface area contributed by atoms with Gasteiger partial charge in [0, 0.05) is 6.61 Å². The molecular formula is C11H11ClN2O2. The zero-order valence-corrected chi connectivity index (χ0v) is 9.49. The van der Waals surface area contributed by atoms with E-state index in [0.29, 0.717) is 17.2 Å². The Bertz CT molecular complexity index is 415. The summed E-state index contributed by atoms with van der Waals surface area (Å²) < 4.78 is 4.99. The van der Waals surface area contributed by atoms with Gasteiger partial charge in [0.2, 0.25) is 6.23 Å². The van der Waals surface area contributed by atoms with E-state index in [0.717, 1.165) is 0 Å². The first-order valence-electron chi connectivity index (χ1n) is 4.75. The fourth-order valence-electron chi connectivity index (χ4n) is 1.12. The average Bonchev–Trinajstić information content (AvgIpc) is 2.28. The SMILES string of the molecule is CCOC(C#N)NC(=O)c1ccccc1Cl. The number of nitrogens with zero attached hydrogens (tertiary/aromatic N) is 1. The minimum absolute atomic E-state index is 0.323. The lowest BCUT2D eigenvalue weighted by molar-refractivity contribution is 0.0615. The van der Waals surface area contributed by atoms with Crippen LogP contribution in [-0.2, 0) is 4.74 Å². The van der Waals surface area contributed by atoms with Crippen molar-refractivity contribution in [3.05, 3.63) is 34.9 Å². The van der Waals surface area contributed by atoms with Crippen LogP contribution in [0.25, 0.3) is 0 Å². The Balaban J connectivity index is 2.73. The van der Waals surface area contributed by atoms with Crippen LogP contribution in [0.15, 0.2) is 24.3 Å². The molecule has 0 heterocycles. The first kappa shape index (κ1) is 12.5. The minimum atomic E-state index is -0.950. The lowest BCUT2D eigenvalue weighted by Gasteiger charge is -2.11. The van der Waals surface area contributed by atoms with E-state index >= 15 is 0 Å². The Hall–Kier alpha value is -1.57. The smallest absolute Gasteiger partial charge is 0.255 e. The van der Waals surface area contributed by atoms with Gasteiger partial charge in [0.1, 0.15) is 6.07 Å². The summed E-state index contributed by atoms with van der Waals surface area (Å²) in [6.45, 7) is 2.09. The molecule has 1 N–H and O–H groups in total. The Kier molecular flexibility index (Phi) is 4.77. The van der Waals surface area contributed by atoms with E-state index < -0.39 is 12.1 Å². The van der Waals surface area contributed by atoms with Crippen LogP contribution >= 0.6 is 11.6 Å². The van der Waals surface area contributed by atoms with Gasteiger partial charge in [-0.15, -0.1) is 0 Å². The molecule has 84 valence electrons. The molecule has 0 fully saturated rings. The zero-order chi connectivity index (χ0) is 12.0. The van der Waals surface area contributed by atoms with E-state index in [-0.39, 0.29) is 0 Å². The number of amides is 1. The van der Waals surface area contributed by atoms with Crippen LogP contribution in [0.4, 0.5) is 0 Å². The van der Waals surface area contributed by atoms with Gasteiger partial charge in [0.15, 0.2) is 0 Å². The monoisotopic (exact) mass is 238 g/mol. The number of carbonyl (C=O) groups excluding carboxylic acids is 1. The third-order valence-electron chi connectivity index (χ3n) is 1.83. The molecule has 4 nitrogen and oxygen atoms in total. The van der Waals surface area contributed by atoms with E-state index in [1.165, 1.54) is 0 Å². The van der Waals surface area contributed by atoms with Gasteiger partial charge in [0.05, 0.1) is 10.6 Å². The van der Waals surface area contributed by atoms with Crippen molar-refractivity contribution in [2.45, 2.75) is 13.2 Å². The molecule has 5 heteroatoms. The fraction of sp³-hybridized carbons (Fsp3) is 0.273. The third-order valence-corrected chi connectivity index (χ3v) is 2.16. The summed E-state index contributed by atoms with van der Waals surface area (Å²) in [5, 5.41) is 11.5. The van der Waals surface area contributed by atoms with Crippen molar-refractivity contribution < 1.29 is 9.53 Å². The minimum Gasteiger partial charge on any atom is -0.346 e. The topological polar surface area (TPSA) is 62.1 Å². The van der Waals surface area contributed by atoms with E-state index in [1.54, 1.807) is 31.2 Å². The third kappa shape index (κ3) is 3.23. The van der Waals surface area contributed by atoms with Gasteiger partial charge in [-0.05, 0) is 19.1 Å². The van der Waals surface area contributed by atoms with Crippen molar-refractivity contribution in [1.29, 1.82) is 5.26 Å². The van der Waals surface area contributed by atoms with E-state index in [9.17, 15) is 4.79 Å². The summed E-state index contributed by atoms with van der Waals surface area (Å²) in [6.07, 6.45) is -0.950. The molecule has 1 rings (SSSR count). The van der Waals surface area contributed by atoms with Gasteiger partial charge in [0.25, 0.3) is 5.91 Å². The van der Waals surface area contributed by atoms with Crippen LogP contribution in [0.1, 0.15) is 17.3 Å². The molecule has 16 heavy (non-hydrogen) atoms. The first-order valence-corrected chi connectivity index (χ1v) is 5.13. The second-order valence-electron chi connectivity index (χ2n) is 2.92. The lowest BCUT2D eigenvalue weighted by atomic mass is 10.2. The van der Waals surface area contributed by atoms with Crippen LogP contribution in [-0.4, -0.2) is 18.7 Å². The summed E-state index contributed by atoms with van der Waals surface area (Å²) >= 11 is 5.84. The number of rotatable bonds is 4. The normalized spacial score (nSPS) is 11.6. The second-order valence-corrected chi connectivity index (χ2v) is 3.32. The Labute approximate surface area is 98.8 Å². The molecule has 0 aliphatic heterocycles. The summed E-state index contributed by atoms with van der Waals surface area (Å²) in [6, 6.07) is 8.44. The van der Waals surface area contributed by atoms with Gasteiger partial charge in [-0.25, -0.2) is 0 Å². The average molecular weight is 239 g/mol. The molecule has 0 aliphatic carbocycles. The quantitative estimate of drug-likeness (QED) is 0.816. The number of halogens is 1.